The average Bonchev–Trinajstić information content (AvgIpc) is 2.92. The van der Waals surface area contributed by atoms with Gasteiger partial charge in [-0.1, -0.05) is 11.6 Å². The Morgan fingerprint density at radius 3 is 2.54 bits per heavy atom. The Balaban J connectivity index is 2.09. The van der Waals surface area contributed by atoms with Crippen LogP contribution in [0.1, 0.15) is 46.0 Å². The highest BCUT2D eigenvalue weighted by molar-refractivity contribution is 6.31. The number of benzene rings is 1. The van der Waals surface area contributed by atoms with Crippen molar-refractivity contribution in [2.75, 3.05) is 11.9 Å². The predicted molar refractivity (Wildman–Crippen MR) is 101 cm³/mol. The van der Waals surface area contributed by atoms with Crippen LogP contribution in [0, 0.1) is 19.7 Å². The lowest BCUT2D eigenvalue weighted by Crippen LogP contribution is -2.30. The van der Waals surface area contributed by atoms with Gasteiger partial charge in [0.25, 0.3) is 5.91 Å². The van der Waals surface area contributed by atoms with Gasteiger partial charge in [0.05, 0.1) is 17.2 Å². The molecule has 9 heteroatoms. The Labute approximate surface area is 166 Å². The summed E-state index contributed by atoms with van der Waals surface area (Å²) in [6.45, 7) is 6.48. The van der Waals surface area contributed by atoms with Gasteiger partial charge >= 0.3 is 11.9 Å². The van der Waals surface area contributed by atoms with E-state index in [0.717, 1.165) is 6.07 Å². The van der Waals surface area contributed by atoms with Gasteiger partial charge in [0.2, 0.25) is 0 Å². The molecule has 1 aromatic carbocycles. The Bertz CT molecular complexity index is 925. The van der Waals surface area contributed by atoms with E-state index in [-0.39, 0.29) is 28.6 Å². The molecule has 0 saturated carbocycles. The summed E-state index contributed by atoms with van der Waals surface area (Å²) in [6.07, 6.45) is -1.15. The van der Waals surface area contributed by atoms with Crippen molar-refractivity contribution < 1.29 is 28.2 Å². The molecule has 2 rings (SSSR count). The molecule has 2 N–H and O–H groups in total. The lowest BCUT2D eigenvalue weighted by atomic mass is 10.1. The molecular weight excluding hydrogens is 391 g/mol. The van der Waals surface area contributed by atoms with Crippen LogP contribution in [0.25, 0.3) is 0 Å². The molecule has 0 aliphatic heterocycles. The second-order valence-electron chi connectivity index (χ2n) is 6.01. The molecule has 1 aromatic heterocycles. The van der Waals surface area contributed by atoms with Crippen molar-refractivity contribution in [1.29, 1.82) is 0 Å². The van der Waals surface area contributed by atoms with E-state index in [1.807, 2.05) is 0 Å². The van der Waals surface area contributed by atoms with Crippen molar-refractivity contribution in [1.82, 2.24) is 4.98 Å². The predicted octanol–water partition coefficient (Wildman–Crippen LogP) is 3.78. The highest BCUT2D eigenvalue weighted by atomic mass is 35.5. The van der Waals surface area contributed by atoms with Crippen LogP contribution in [0.5, 0.6) is 0 Å². The summed E-state index contributed by atoms with van der Waals surface area (Å²) in [4.78, 5) is 39.4. The second kappa shape index (κ2) is 8.88. The number of aryl methyl sites for hydroxylation is 1. The number of anilines is 1. The van der Waals surface area contributed by atoms with Gasteiger partial charge in [0.1, 0.15) is 11.5 Å². The molecule has 28 heavy (non-hydrogen) atoms. The number of H-pyrrole nitrogens is 1. The van der Waals surface area contributed by atoms with Crippen LogP contribution < -0.4 is 5.32 Å². The number of halogens is 2. The number of rotatable bonds is 6. The van der Waals surface area contributed by atoms with Gasteiger partial charge in [-0.3, -0.25) is 4.79 Å². The third-order valence-corrected chi connectivity index (χ3v) is 4.25. The fourth-order valence-electron chi connectivity index (χ4n) is 2.55. The topological polar surface area (TPSA) is 97.5 Å². The average molecular weight is 411 g/mol. The molecule has 0 spiro atoms. The lowest BCUT2D eigenvalue weighted by molar-refractivity contribution is -0.123. The molecule has 0 aliphatic carbocycles. The van der Waals surface area contributed by atoms with E-state index in [0.29, 0.717) is 11.3 Å². The van der Waals surface area contributed by atoms with Crippen LogP contribution in [0.3, 0.4) is 0 Å². The Morgan fingerprint density at radius 2 is 1.93 bits per heavy atom. The molecule has 0 fully saturated rings. The van der Waals surface area contributed by atoms with E-state index in [9.17, 15) is 18.8 Å². The van der Waals surface area contributed by atoms with E-state index in [1.54, 1.807) is 20.8 Å². The highest BCUT2D eigenvalue weighted by Gasteiger charge is 2.26. The summed E-state index contributed by atoms with van der Waals surface area (Å²) >= 11 is 5.67. The first-order valence-electron chi connectivity index (χ1n) is 8.48. The summed E-state index contributed by atoms with van der Waals surface area (Å²) in [5.41, 5.74) is 1.41. The van der Waals surface area contributed by atoms with E-state index >= 15 is 0 Å². The Kier molecular flexibility index (Phi) is 6.80. The number of carbonyl (C=O) groups is 3. The number of amides is 1. The lowest BCUT2D eigenvalue weighted by Gasteiger charge is -2.13. The fraction of sp³-hybridized carbons (Fsp3) is 0.316. The molecule has 2 aromatic rings. The Morgan fingerprint density at radius 1 is 1.25 bits per heavy atom. The van der Waals surface area contributed by atoms with Gasteiger partial charge in [-0.2, -0.15) is 0 Å². The van der Waals surface area contributed by atoms with Gasteiger partial charge in [-0.05, 0) is 51.5 Å². The summed E-state index contributed by atoms with van der Waals surface area (Å²) in [7, 11) is 0. The SMILES string of the molecule is CCOC(=O)c1c(C)[nH]c(C(=O)OC(C)C(=O)Nc2ccc(F)c(Cl)c2)c1C. The summed E-state index contributed by atoms with van der Waals surface area (Å²) in [5, 5.41) is 2.33. The molecule has 1 atom stereocenters. The molecule has 0 aliphatic rings. The van der Waals surface area contributed by atoms with Crippen molar-refractivity contribution in [3.8, 4) is 0 Å². The van der Waals surface area contributed by atoms with Gasteiger partial charge in [0.15, 0.2) is 6.10 Å². The molecule has 0 saturated heterocycles. The third kappa shape index (κ3) is 4.69. The first kappa shape index (κ1) is 21.4. The third-order valence-electron chi connectivity index (χ3n) is 3.96. The van der Waals surface area contributed by atoms with Crippen LogP contribution in [0.15, 0.2) is 18.2 Å². The number of aromatic nitrogens is 1. The van der Waals surface area contributed by atoms with E-state index in [2.05, 4.69) is 10.3 Å². The number of hydrogen-bond donors (Lipinski definition) is 2. The Hall–Kier alpha value is -2.87. The molecule has 7 nitrogen and oxygen atoms in total. The van der Waals surface area contributed by atoms with E-state index < -0.39 is 29.8 Å². The van der Waals surface area contributed by atoms with Crippen LogP contribution in [0.4, 0.5) is 10.1 Å². The van der Waals surface area contributed by atoms with Crippen molar-refractivity contribution in [3.05, 3.63) is 51.6 Å². The zero-order valence-corrected chi connectivity index (χ0v) is 16.6. The second-order valence-corrected chi connectivity index (χ2v) is 6.42. The zero-order valence-electron chi connectivity index (χ0n) is 15.8. The van der Waals surface area contributed by atoms with Gasteiger partial charge in [-0.25, -0.2) is 14.0 Å². The number of ether oxygens (including phenoxy) is 2. The summed E-state index contributed by atoms with van der Waals surface area (Å²) < 4.78 is 23.3. The number of carbonyl (C=O) groups excluding carboxylic acids is 3. The number of esters is 2. The zero-order chi connectivity index (χ0) is 21.0. The fourth-order valence-corrected chi connectivity index (χ4v) is 2.73. The molecule has 150 valence electrons. The highest BCUT2D eigenvalue weighted by Crippen LogP contribution is 2.21. The minimum Gasteiger partial charge on any atom is -0.462 e. The molecule has 1 unspecified atom stereocenters. The maximum atomic E-state index is 13.2. The molecule has 1 amide bonds. The first-order valence-corrected chi connectivity index (χ1v) is 8.86. The van der Waals surface area contributed by atoms with Gasteiger partial charge in [-0.15, -0.1) is 0 Å². The van der Waals surface area contributed by atoms with Crippen molar-refractivity contribution in [2.45, 2.75) is 33.8 Å². The van der Waals surface area contributed by atoms with Gasteiger partial charge in [0, 0.05) is 11.4 Å². The first-order chi connectivity index (χ1) is 13.1. The van der Waals surface area contributed by atoms with Crippen LogP contribution in [-0.4, -0.2) is 35.5 Å². The number of hydrogen-bond acceptors (Lipinski definition) is 5. The van der Waals surface area contributed by atoms with E-state index in [4.69, 9.17) is 21.1 Å². The van der Waals surface area contributed by atoms with E-state index in [1.165, 1.54) is 19.1 Å². The maximum Gasteiger partial charge on any atom is 0.355 e. The van der Waals surface area contributed by atoms with Crippen LogP contribution >= 0.6 is 11.6 Å². The maximum absolute atomic E-state index is 13.2. The molecule has 0 radical (unpaired) electrons. The summed E-state index contributed by atoms with van der Waals surface area (Å²) in [6, 6.07) is 3.68. The standard InChI is InChI=1S/C19H20ClFN2O5/c1-5-27-18(25)15-9(2)16(22-10(15)3)19(26)28-11(4)17(24)23-12-6-7-14(21)13(20)8-12/h6-8,11,22H,5H2,1-4H3,(H,23,24). The molecule has 1 heterocycles. The monoisotopic (exact) mass is 410 g/mol. The summed E-state index contributed by atoms with van der Waals surface area (Å²) in [5.74, 6) is -2.58. The number of nitrogens with one attached hydrogen (secondary N) is 2. The minimum atomic E-state index is -1.15. The van der Waals surface area contributed by atoms with Crippen LogP contribution in [0.2, 0.25) is 5.02 Å². The largest absolute Gasteiger partial charge is 0.462 e. The van der Waals surface area contributed by atoms with Gasteiger partial charge < -0.3 is 19.8 Å². The normalized spacial score (nSPS) is 11.6. The quantitative estimate of drug-likeness (QED) is 0.706. The van der Waals surface area contributed by atoms with Crippen molar-refractivity contribution in [2.24, 2.45) is 0 Å². The van der Waals surface area contributed by atoms with Crippen LogP contribution in [-0.2, 0) is 14.3 Å². The smallest absolute Gasteiger partial charge is 0.355 e. The molecule has 0 bridgehead atoms. The minimum absolute atomic E-state index is 0.0602. The van der Waals surface area contributed by atoms with Crippen molar-refractivity contribution >= 4 is 35.1 Å². The van der Waals surface area contributed by atoms with Crippen molar-refractivity contribution in [3.63, 3.8) is 0 Å². The molecular formula is C19H20ClFN2O5. The number of aromatic amines is 1.